The molecular formula is C25H27FN4O2. The summed E-state index contributed by atoms with van der Waals surface area (Å²) in [4.78, 5) is 17.7. The molecule has 2 heterocycles. The van der Waals surface area contributed by atoms with Crippen LogP contribution in [-0.2, 0) is 17.9 Å². The number of benzene rings is 2. The van der Waals surface area contributed by atoms with Crippen molar-refractivity contribution in [1.29, 1.82) is 0 Å². The largest absolute Gasteiger partial charge is 0.461 e. The lowest BCUT2D eigenvalue weighted by atomic mass is 10.0. The zero-order valence-corrected chi connectivity index (χ0v) is 18.2. The van der Waals surface area contributed by atoms with Crippen LogP contribution in [0.5, 0.6) is 5.75 Å². The number of aromatic nitrogens is 1. The number of fused-ring (bicyclic) bond motifs is 1. The van der Waals surface area contributed by atoms with Crippen LogP contribution in [0, 0.1) is 5.82 Å². The molecule has 1 aromatic heterocycles. The van der Waals surface area contributed by atoms with Crippen LogP contribution in [-0.4, -0.2) is 34.5 Å². The van der Waals surface area contributed by atoms with Gasteiger partial charge in [0.15, 0.2) is 6.29 Å². The van der Waals surface area contributed by atoms with Crippen molar-refractivity contribution in [3.8, 4) is 16.9 Å². The maximum atomic E-state index is 13.3. The highest BCUT2D eigenvalue weighted by Gasteiger charge is 2.22. The fourth-order valence-electron chi connectivity index (χ4n) is 3.88. The highest BCUT2D eigenvalue weighted by Crippen LogP contribution is 2.35. The predicted molar refractivity (Wildman–Crippen MR) is 123 cm³/mol. The van der Waals surface area contributed by atoms with E-state index in [1.54, 1.807) is 12.1 Å². The summed E-state index contributed by atoms with van der Waals surface area (Å²) in [5, 5.41) is 3.00. The van der Waals surface area contributed by atoms with E-state index in [4.69, 9.17) is 10.5 Å². The quantitative estimate of drug-likeness (QED) is 0.523. The molecule has 1 atom stereocenters. The molecule has 3 aromatic rings. The molecule has 0 saturated heterocycles. The van der Waals surface area contributed by atoms with E-state index >= 15 is 0 Å². The maximum Gasteiger partial charge on any atom is 0.226 e. The molecule has 4 rings (SSSR count). The standard InChI is InChI=1S/C25H27FN4O2/c1-25(2,27)16-30(13-17-3-6-21(26)7-4-17)14-18-9-20(12-28-11-18)19-5-8-22-23(10-19)32-24(15-31)29-22/h3-12,15,24,29H,13-14,16,27H2,1-2H3. The Morgan fingerprint density at radius 1 is 1.09 bits per heavy atom. The average Bonchev–Trinajstić information content (AvgIpc) is 3.17. The number of carbonyl (C=O) groups is 1. The number of halogens is 1. The first-order chi connectivity index (χ1) is 15.3. The molecule has 2 aromatic carbocycles. The third-order valence-electron chi connectivity index (χ3n) is 5.14. The van der Waals surface area contributed by atoms with E-state index in [-0.39, 0.29) is 11.4 Å². The summed E-state index contributed by atoms with van der Waals surface area (Å²) in [5.41, 5.74) is 10.7. The molecule has 0 spiro atoms. The number of nitrogens with one attached hydrogen (secondary N) is 1. The topological polar surface area (TPSA) is 80.5 Å². The molecule has 166 valence electrons. The number of hydrogen-bond donors (Lipinski definition) is 2. The van der Waals surface area contributed by atoms with E-state index in [9.17, 15) is 9.18 Å². The molecule has 0 saturated carbocycles. The molecule has 1 aliphatic heterocycles. The minimum atomic E-state index is -0.649. The smallest absolute Gasteiger partial charge is 0.226 e. The summed E-state index contributed by atoms with van der Waals surface area (Å²) in [6.45, 7) is 5.95. The third-order valence-corrected chi connectivity index (χ3v) is 5.14. The Bertz CT molecular complexity index is 1100. The zero-order valence-electron chi connectivity index (χ0n) is 18.2. The molecule has 7 heteroatoms. The van der Waals surface area contributed by atoms with Crippen LogP contribution in [0.15, 0.2) is 60.9 Å². The number of aldehydes is 1. The molecule has 0 amide bonds. The number of hydrogen-bond acceptors (Lipinski definition) is 6. The Morgan fingerprint density at radius 3 is 2.56 bits per heavy atom. The van der Waals surface area contributed by atoms with Crippen LogP contribution >= 0.6 is 0 Å². The highest BCUT2D eigenvalue weighted by atomic mass is 19.1. The zero-order chi connectivity index (χ0) is 22.7. The molecule has 0 aliphatic carbocycles. The van der Waals surface area contributed by atoms with Gasteiger partial charge in [-0.25, -0.2) is 4.39 Å². The lowest BCUT2D eigenvalue weighted by Crippen LogP contribution is -2.44. The van der Waals surface area contributed by atoms with Crippen LogP contribution in [0.3, 0.4) is 0 Å². The van der Waals surface area contributed by atoms with Crippen LogP contribution in [0.1, 0.15) is 25.0 Å². The van der Waals surface area contributed by atoms with Gasteiger partial charge in [0.05, 0.1) is 5.69 Å². The van der Waals surface area contributed by atoms with E-state index in [1.807, 2.05) is 44.4 Å². The summed E-state index contributed by atoms with van der Waals surface area (Å²) in [5.74, 6) is 0.400. The molecule has 3 N–H and O–H groups in total. The Balaban J connectivity index is 1.54. The van der Waals surface area contributed by atoms with Gasteiger partial charge in [-0.15, -0.1) is 0 Å². The third kappa shape index (κ3) is 5.49. The molecule has 1 unspecified atom stereocenters. The molecule has 0 radical (unpaired) electrons. The van der Waals surface area contributed by atoms with Crippen molar-refractivity contribution >= 4 is 12.0 Å². The molecule has 32 heavy (non-hydrogen) atoms. The second-order valence-electron chi connectivity index (χ2n) is 8.87. The molecule has 6 nitrogen and oxygen atoms in total. The van der Waals surface area contributed by atoms with E-state index in [1.165, 1.54) is 12.1 Å². The lowest BCUT2D eigenvalue weighted by Gasteiger charge is -2.30. The SMILES string of the molecule is CC(C)(N)CN(Cc1ccc(F)cc1)Cc1cncc(-c2ccc3c(c2)OC(C=O)N3)c1. The predicted octanol–water partition coefficient (Wildman–Crippen LogP) is 3.96. The van der Waals surface area contributed by atoms with Gasteiger partial charge < -0.3 is 15.8 Å². The minimum Gasteiger partial charge on any atom is -0.461 e. The summed E-state index contributed by atoms with van der Waals surface area (Å²) >= 11 is 0. The summed E-state index contributed by atoms with van der Waals surface area (Å²) in [6.07, 6.45) is 3.74. The van der Waals surface area contributed by atoms with Gasteiger partial charge in [-0.3, -0.25) is 14.7 Å². The molecule has 0 fully saturated rings. The van der Waals surface area contributed by atoms with Crippen molar-refractivity contribution in [3.05, 3.63) is 77.9 Å². The first-order valence-corrected chi connectivity index (χ1v) is 10.5. The van der Waals surface area contributed by atoms with Crippen LogP contribution in [0.2, 0.25) is 0 Å². The number of anilines is 1. The Kier molecular flexibility index (Phi) is 6.21. The number of ether oxygens (including phenoxy) is 1. The van der Waals surface area contributed by atoms with Crippen molar-refractivity contribution in [2.24, 2.45) is 5.73 Å². The summed E-state index contributed by atoms with van der Waals surface area (Å²) in [7, 11) is 0. The van der Waals surface area contributed by atoms with Crippen LogP contribution in [0.4, 0.5) is 10.1 Å². The van der Waals surface area contributed by atoms with Gasteiger partial charge in [0.1, 0.15) is 11.6 Å². The number of nitrogens with two attached hydrogens (primary N) is 1. The lowest BCUT2D eigenvalue weighted by molar-refractivity contribution is -0.112. The fourth-order valence-corrected chi connectivity index (χ4v) is 3.88. The second-order valence-corrected chi connectivity index (χ2v) is 8.87. The first-order valence-electron chi connectivity index (χ1n) is 10.5. The van der Waals surface area contributed by atoms with Gasteiger partial charge in [-0.1, -0.05) is 18.2 Å². The summed E-state index contributed by atoms with van der Waals surface area (Å²) < 4.78 is 18.9. The van der Waals surface area contributed by atoms with E-state index in [0.717, 1.165) is 34.2 Å². The van der Waals surface area contributed by atoms with Gasteiger partial charge in [0.2, 0.25) is 6.23 Å². The number of rotatable bonds is 8. The van der Waals surface area contributed by atoms with Gasteiger partial charge in [0, 0.05) is 43.1 Å². The van der Waals surface area contributed by atoms with Gasteiger partial charge in [0.25, 0.3) is 0 Å². The van der Waals surface area contributed by atoms with Gasteiger partial charge >= 0.3 is 0 Å². The Labute approximate surface area is 187 Å². The normalized spacial score (nSPS) is 15.2. The number of nitrogens with zero attached hydrogens (tertiary/aromatic N) is 2. The first kappa shape index (κ1) is 21.9. The van der Waals surface area contributed by atoms with Crippen molar-refractivity contribution < 1.29 is 13.9 Å². The monoisotopic (exact) mass is 434 g/mol. The van der Waals surface area contributed by atoms with Crippen molar-refractivity contribution in [2.45, 2.75) is 38.7 Å². The van der Waals surface area contributed by atoms with E-state index in [2.05, 4.69) is 21.3 Å². The van der Waals surface area contributed by atoms with Crippen LogP contribution in [0.25, 0.3) is 11.1 Å². The van der Waals surface area contributed by atoms with E-state index < -0.39 is 6.23 Å². The second kappa shape index (κ2) is 9.06. The van der Waals surface area contributed by atoms with Crippen molar-refractivity contribution in [2.75, 3.05) is 11.9 Å². The number of carbonyl (C=O) groups excluding carboxylic acids is 1. The summed E-state index contributed by atoms with van der Waals surface area (Å²) in [6, 6.07) is 14.4. The molecule has 1 aliphatic rings. The van der Waals surface area contributed by atoms with Gasteiger partial charge in [-0.2, -0.15) is 0 Å². The fraction of sp³-hybridized carbons (Fsp3) is 0.280. The molecular weight excluding hydrogens is 407 g/mol. The highest BCUT2D eigenvalue weighted by molar-refractivity contribution is 5.76. The Morgan fingerprint density at radius 2 is 1.84 bits per heavy atom. The van der Waals surface area contributed by atoms with Crippen molar-refractivity contribution in [3.63, 3.8) is 0 Å². The Hall–Kier alpha value is -3.29. The average molecular weight is 435 g/mol. The van der Waals surface area contributed by atoms with Crippen molar-refractivity contribution in [1.82, 2.24) is 9.88 Å². The van der Waals surface area contributed by atoms with E-state index in [0.29, 0.717) is 25.4 Å². The maximum absolute atomic E-state index is 13.3. The van der Waals surface area contributed by atoms with Crippen LogP contribution < -0.4 is 15.8 Å². The molecule has 0 bridgehead atoms. The minimum absolute atomic E-state index is 0.246. The number of pyridine rings is 1. The van der Waals surface area contributed by atoms with Gasteiger partial charge in [-0.05, 0) is 60.9 Å².